The number of hydrogen-bond acceptors (Lipinski definition) is 8. The number of carbonyl (C=O) groups excluding carboxylic acids is 1. The molecule has 0 aromatic rings. The molecule has 1 unspecified atom stereocenters. The van der Waals surface area contributed by atoms with Crippen LogP contribution < -0.4 is 5.73 Å². The molecule has 9 nitrogen and oxygen atoms in total. The van der Waals surface area contributed by atoms with Gasteiger partial charge in [0.2, 0.25) is 0 Å². The average Bonchev–Trinajstić information content (AvgIpc) is 2.16. The third kappa shape index (κ3) is 8.08. The maximum Gasteiger partial charge on any atom is 0.321 e. The molecule has 0 amide bonds. The molecule has 0 fully saturated rings. The normalized spacial score (nSPS) is 12.5. The van der Waals surface area contributed by atoms with Crippen LogP contribution in [0.1, 0.15) is 12.8 Å². The zero-order valence-corrected chi connectivity index (χ0v) is 8.40. The molecule has 0 rings (SSSR count). The second kappa shape index (κ2) is 7.96. The van der Waals surface area contributed by atoms with Crippen molar-refractivity contribution in [2.24, 2.45) is 5.73 Å². The van der Waals surface area contributed by atoms with Crippen LogP contribution in [0.25, 0.3) is 0 Å². The van der Waals surface area contributed by atoms with Crippen molar-refractivity contribution in [3.8, 4) is 0 Å². The number of nitrogens with two attached hydrogens (primary N) is 1. The van der Waals surface area contributed by atoms with E-state index in [0.29, 0.717) is 0 Å². The highest BCUT2D eigenvalue weighted by atomic mass is 17.1. The zero-order valence-electron chi connectivity index (χ0n) is 8.40. The van der Waals surface area contributed by atoms with Crippen molar-refractivity contribution in [1.82, 2.24) is 5.39 Å². The Bertz CT molecular complexity index is 233. The number of hydrogen-bond donors (Lipinski definition) is 4. The summed E-state index contributed by atoms with van der Waals surface area (Å²) in [6.45, 7) is -0.0930. The van der Waals surface area contributed by atoms with E-state index in [1.54, 1.807) is 0 Å². The van der Waals surface area contributed by atoms with Crippen LogP contribution in [0.15, 0.2) is 0 Å². The third-order valence-corrected chi connectivity index (χ3v) is 1.46. The molecule has 0 saturated carbocycles. The van der Waals surface area contributed by atoms with E-state index in [-0.39, 0.29) is 19.6 Å². The van der Waals surface area contributed by atoms with E-state index < -0.39 is 29.8 Å². The number of aliphatic carboxylic acids is 1. The Balaban J connectivity index is 3.48. The summed E-state index contributed by atoms with van der Waals surface area (Å²) in [6, 6.07) is -1.28. The first-order chi connectivity index (χ1) is 7.43. The Morgan fingerprint density at radius 3 is 2.44 bits per heavy atom. The summed E-state index contributed by atoms with van der Waals surface area (Å²) in [4.78, 5) is 25.4. The smallest absolute Gasteiger partial charge is 0.321 e. The summed E-state index contributed by atoms with van der Waals surface area (Å²) < 4.78 is 4.60. The van der Waals surface area contributed by atoms with E-state index in [0.717, 1.165) is 0 Å². The van der Waals surface area contributed by atoms with Crippen molar-refractivity contribution in [2.75, 3.05) is 13.2 Å². The van der Waals surface area contributed by atoms with Crippen molar-refractivity contribution >= 4 is 11.9 Å². The number of rotatable bonds is 8. The van der Waals surface area contributed by atoms with E-state index in [9.17, 15) is 9.59 Å². The Hall–Kier alpha value is -1.26. The predicted octanol–water partition coefficient (Wildman–Crippen LogP) is -1.27. The van der Waals surface area contributed by atoms with E-state index >= 15 is 0 Å². The lowest BCUT2D eigenvalue weighted by molar-refractivity contribution is -0.492. The minimum Gasteiger partial charge on any atom is -0.480 e. The molecule has 0 saturated heterocycles. The van der Waals surface area contributed by atoms with E-state index in [1.807, 2.05) is 0 Å². The van der Waals surface area contributed by atoms with Gasteiger partial charge in [0.05, 0.1) is 25.0 Å². The van der Waals surface area contributed by atoms with Crippen LogP contribution in [0.4, 0.5) is 0 Å². The lowest BCUT2D eigenvalue weighted by Crippen LogP contribution is -2.33. The van der Waals surface area contributed by atoms with Crippen molar-refractivity contribution < 1.29 is 34.7 Å². The van der Waals surface area contributed by atoms with Gasteiger partial charge in [0.25, 0.3) is 0 Å². The molecule has 0 spiro atoms. The average molecular weight is 238 g/mol. The standard InChI is InChI=1S/C7H14N2O7/c8-5(7(11)12)4-6(10)15-2-1-3-16-9(13)14/h5,13-14H,1-4,8H2,(H,11,12). The number of carboxylic acid groups (broad SMARTS) is 1. The van der Waals surface area contributed by atoms with Gasteiger partial charge in [0.15, 0.2) is 0 Å². The number of carbonyl (C=O) groups is 2. The van der Waals surface area contributed by atoms with Gasteiger partial charge < -0.3 is 15.6 Å². The van der Waals surface area contributed by atoms with Crippen LogP contribution in [-0.4, -0.2) is 52.1 Å². The second-order valence-corrected chi connectivity index (χ2v) is 2.81. The summed E-state index contributed by atoms with van der Waals surface area (Å²) >= 11 is 0. The first kappa shape index (κ1) is 14.7. The van der Waals surface area contributed by atoms with E-state index in [4.69, 9.17) is 21.3 Å². The van der Waals surface area contributed by atoms with Crippen LogP contribution in [0, 0.1) is 0 Å². The third-order valence-electron chi connectivity index (χ3n) is 1.46. The molecule has 0 radical (unpaired) electrons. The number of ether oxygens (including phenoxy) is 1. The number of nitrogens with zero attached hydrogens (tertiary/aromatic N) is 1. The molecule has 0 aliphatic heterocycles. The Labute approximate surface area is 90.8 Å². The van der Waals surface area contributed by atoms with Crippen LogP contribution in [0.2, 0.25) is 0 Å². The molecular formula is C7H14N2O7. The lowest BCUT2D eigenvalue weighted by Gasteiger charge is -2.08. The van der Waals surface area contributed by atoms with Crippen LogP contribution in [-0.2, 0) is 19.2 Å². The van der Waals surface area contributed by atoms with Gasteiger partial charge in [0, 0.05) is 6.42 Å². The number of carboxylic acids is 1. The summed E-state index contributed by atoms with van der Waals surface area (Å²) in [5.74, 6) is -2.02. The monoisotopic (exact) mass is 238 g/mol. The van der Waals surface area contributed by atoms with Gasteiger partial charge in [-0.25, -0.2) is 0 Å². The van der Waals surface area contributed by atoms with E-state index in [1.165, 1.54) is 0 Å². The minimum absolute atomic E-state index is 0.0288. The van der Waals surface area contributed by atoms with Gasteiger partial charge in [-0.1, -0.05) is 0 Å². The second-order valence-electron chi connectivity index (χ2n) is 2.81. The van der Waals surface area contributed by atoms with Gasteiger partial charge in [0.1, 0.15) is 6.04 Å². The Kier molecular flexibility index (Phi) is 7.33. The predicted molar refractivity (Wildman–Crippen MR) is 47.2 cm³/mol. The highest BCUT2D eigenvalue weighted by Gasteiger charge is 2.16. The molecule has 0 aromatic heterocycles. The summed E-state index contributed by atoms with van der Waals surface area (Å²) in [7, 11) is 0. The van der Waals surface area contributed by atoms with Crippen LogP contribution in [0.3, 0.4) is 0 Å². The Morgan fingerprint density at radius 1 is 1.31 bits per heavy atom. The first-order valence-electron chi connectivity index (χ1n) is 4.38. The van der Waals surface area contributed by atoms with Gasteiger partial charge in [-0.15, -0.1) is 0 Å². The fourth-order valence-electron chi connectivity index (χ4n) is 0.717. The van der Waals surface area contributed by atoms with Crippen molar-refractivity contribution in [1.29, 1.82) is 0 Å². The largest absolute Gasteiger partial charge is 0.480 e. The summed E-state index contributed by atoms with van der Waals surface area (Å²) in [5.41, 5.74) is 5.09. The van der Waals surface area contributed by atoms with E-state index in [2.05, 4.69) is 9.57 Å². The molecule has 0 aliphatic carbocycles. The lowest BCUT2D eigenvalue weighted by atomic mass is 10.2. The van der Waals surface area contributed by atoms with Crippen molar-refractivity contribution in [2.45, 2.75) is 18.9 Å². The molecule has 0 heterocycles. The molecule has 1 atom stereocenters. The minimum atomic E-state index is -1.28. The summed E-state index contributed by atoms with van der Waals surface area (Å²) in [5, 5.41) is 24.2. The first-order valence-corrected chi connectivity index (χ1v) is 4.38. The van der Waals surface area contributed by atoms with Gasteiger partial charge in [-0.2, -0.15) is 0 Å². The number of esters is 1. The van der Waals surface area contributed by atoms with Crippen molar-refractivity contribution in [3.05, 3.63) is 0 Å². The highest BCUT2D eigenvalue weighted by Crippen LogP contribution is 1.94. The molecule has 5 N–H and O–H groups in total. The molecule has 9 heteroatoms. The molecule has 16 heavy (non-hydrogen) atoms. The summed E-state index contributed by atoms with van der Waals surface area (Å²) in [6.07, 6.45) is -0.187. The molecule has 0 aromatic carbocycles. The zero-order chi connectivity index (χ0) is 12.6. The van der Waals surface area contributed by atoms with Crippen LogP contribution in [0.5, 0.6) is 0 Å². The maximum atomic E-state index is 10.9. The van der Waals surface area contributed by atoms with Crippen molar-refractivity contribution in [3.63, 3.8) is 0 Å². The maximum absolute atomic E-state index is 10.9. The molecule has 94 valence electrons. The highest BCUT2D eigenvalue weighted by molar-refractivity contribution is 5.81. The SMILES string of the molecule is NC(CC(=O)OCCCON(O)O)C(=O)O. The fourth-order valence-corrected chi connectivity index (χ4v) is 0.717. The fraction of sp³-hybridized carbons (Fsp3) is 0.714. The quantitative estimate of drug-likeness (QED) is 0.231. The molecule has 0 aliphatic rings. The molecular weight excluding hydrogens is 224 g/mol. The Morgan fingerprint density at radius 2 is 1.94 bits per heavy atom. The van der Waals surface area contributed by atoms with Crippen LogP contribution >= 0.6 is 0 Å². The van der Waals surface area contributed by atoms with Gasteiger partial charge in [-0.3, -0.25) is 24.8 Å². The molecule has 0 bridgehead atoms. The van der Waals surface area contributed by atoms with Gasteiger partial charge >= 0.3 is 11.9 Å². The van der Waals surface area contributed by atoms with Gasteiger partial charge in [-0.05, 0) is 0 Å². The topological polar surface area (TPSA) is 143 Å².